The molecule has 1 aliphatic carbocycles. The molecule has 3 heterocycles. The zero-order valence-electron chi connectivity index (χ0n) is 19.5. The molecule has 0 spiro atoms. The van der Waals surface area contributed by atoms with Crippen LogP contribution in [-0.4, -0.2) is 31.9 Å². The number of fused-ring (bicyclic) bond motifs is 2. The molecule has 4 N–H and O–H groups in total. The van der Waals surface area contributed by atoms with Crippen LogP contribution >= 0.6 is 0 Å². The van der Waals surface area contributed by atoms with Crippen LogP contribution in [0.3, 0.4) is 0 Å². The zero-order chi connectivity index (χ0) is 24.9. The number of aryl methyl sites for hydroxylation is 2. The van der Waals surface area contributed by atoms with Crippen molar-refractivity contribution in [3.05, 3.63) is 51.8 Å². The number of nitrogens with zero attached hydrogens (tertiary/aromatic N) is 4. The second kappa shape index (κ2) is 8.43. The number of amides is 1. The highest BCUT2D eigenvalue weighted by Crippen LogP contribution is 2.41. The molecule has 178 valence electrons. The third kappa shape index (κ3) is 3.75. The molecule has 0 radical (unpaired) electrons. The number of carbonyl (C=O) groups excluding carboxylic acids is 1. The van der Waals surface area contributed by atoms with Gasteiger partial charge in [0.25, 0.3) is 11.5 Å². The number of furan rings is 1. The van der Waals surface area contributed by atoms with Gasteiger partial charge in [-0.15, -0.1) is 0 Å². The van der Waals surface area contributed by atoms with Gasteiger partial charge in [-0.25, -0.2) is 5.10 Å². The molecule has 0 unspecified atom stereocenters. The van der Waals surface area contributed by atoms with Crippen molar-refractivity contribution in [3.63, 3.8) is 0 Å². The number of H-pyrrole nitrogens is 1. The van der Waals surface area contributed by atoms with Crippen molar-refractivity contribution in [1.82, 2.24) is 25.3 Å². The van der Waals surface area contributed by atoms with Crippen LogP contribution in [0.15, 0.2) is 39.6 Å². The van der Waals surface area contributed by atoms with Crippen molar-refractivity contribution in [2.75, 3.05) is 5.73 Å². The average molecular weight is 472 g/mol. The minimum atomic E-state index is -0.444. The van der Waals surface area contributed by atoms with Gasteiger partial charge < -0.3 is 15.5 Å². The molecule has 10 heteroatoms. The second-order valence-electron chi connectivity index (χ2n) is 9.08. The number of anilines is 1. The number of nitriles is 1. The maximum atomic E-state index is 12.6. The third-order valence-corrected chi connectivity index (χ3v) is 6.75. The van der Waals surface area contributed by atoms with Crippen molar-refractivity contribution in [1.29, 1.82) is 5.26 Å². The maximum Gasteiger partial charge on any atom is 0.292 e. The van der Waals surface area contributed by atoms with Gasteiger partial charge in [-0.1, -0.05) is 18.2 Å². The Kier molecular flexibility index (Phi) is 5.40. The molecule has 35 heavy (non-hydrogen) atoms. The predicted molar refractivity (Wildman–Crippen MR) is 131 cm³/mol. The molecular formula is C25H25N7O3. The summed E-state index contributed by atoms with van der Waals surface area (Å²) >= 11 is 0. The summed E-state index contributed by atoms with van der Waals surface area (Å²) in [5, 5.41) is 24.3. The number of hydrogen-bond acceptors (Lipinski definition) is 7. The monoisotopic (exact) mass is 471 g/mol. The first-order valence-electron chi connectivity index (χ1n) is 11.4. The summed E-state index contributed by atoms with van der Waals surface area (Å²) in [4.78, 5) is 24.7. The number of benzene rings is 1. The van der Waals surface area contributed by atoms with Gasteiger partial charge in [0, 0.05) is 17.0 Å². The van der Waals surface area contributed by atoms with Gasteiger partial charge >= 0.3 is 0 Å². The number of aromatic nitrogens is 4. The number of nitrogen functional groups attached to an aromatic ring is 1. The van der Waals surface area contributed by atoms with Gasteiger partial charge in [-0.3, -0.25) is 14.3 Å². The lowest BCUT2D eigenvalue weighted by atomic mass is 9.90. The Morgan fingerprint density at radius 3 is 2.77 bits per heavy atom. The molecule has 5 rings (SSSR count). The standard InChI is InChI=1S/C25H25N7O3/c1-12-4-9-18-17(10-12)14(3)22(35-18)21-19-20(25(34)30-29-23(19)27)31-32(21)16-7-5-15(6-8-16)28-24(33)13(2)11-26/h4,9-10,15-16H,2,5-8H2,1,3H3,(H2,27,29)(H,28,33)(H,30,34). The van der Waals surface area contributed by atoms with Crippen molar-refractivity contribution < 1.29 is 9.21 Å². The lowest BCUT2D eigenvalue weighted by molar-refractivity contribution is -0.118. The molecule has 1 aromatic carbocycles. The molecule has 3 aromatic heterocycles. The molecule has 10 nitrogen and oxygen atoms in total. The summed E-state index contributed by atoms with van der Waals surface area (Å²) < 4.78 is 8.13. The average Bonchev–Trinajstić information content (AvgIpc) is 3.40. The van der Waals surface area contributed by atoms with Gasteiger partial charge in [0.1, 0.15) is 22.9 Å². The first-order valence-corrected chi connectivity index (χ1v) is 11.4. The maximum absolute atomic E-state index is 12.6. The molecule has 4 aromatic rings. The Balaban J connectivity index is 1.58. The van der Waals surface area contributed by atoms with Crippen LogP contribution in [0.25, 0.3) is 33.3 Å². The highest BCUT2D eigenvalue weighted by Gasteiger charge is 2.31. The third-order valence-electron chi connectivity index (χ3n) is 6.75. The zero-order valence-corrected chi connectivity index (χ0v) is 19.5. The number of aromatic amines is 1. The molecule has 1 amide bonds. The van der Waals surface area contributed by atoms with Crippen LogP contribution in [-0.2, 0) is 4.79 Å². The van der Waals surface area contributed by atoms with Crippen LogP contribution in [0, 0.1) is 25.2 Å². The highest BCUT2D eigenvalue weighted by atomic mass is 16.3. The van der Waals surface area contributed by atoms with Gasteiger partial charge in [-0.05, 0) is 51.7 Å². The largest absolute Gasteiger partial charge is 0.454 e. The van der Waals surface area contributed by atoms with Crippen molar-refractivity contribution >= 4 is 33.6 Å². The Morgan fingerprint density at radius 2 is 2.06 bits per heavy atom. The summed E-state index contributed by atoms with van der Waals surface area (Å²) in [6.07, 6.45) is 2.78. The van der Waals surface area contributed by atoms with Crippen LogP contribution in [0.5, 0.6) is 0 Å². The van der Waals surface area contributed by atoms with E-state index >= 15 is 0 Å². The number of nitrogens with two attached hydrogens (primary N) is 1. The smallest absolute Gasteiger partial charge is 0.292 e. The van der Waals surface area contributed by atoms with Gasteiger partial charge in [0.15, 0.2) is 17.1 Å². The summed E-state index contributed by atoms with van der Waals surface area (Å²) in [7, 11) is 0. The van der Waals surface area contributed by atoms with E-state index in [4.69, 9.17) is 15.4 Å². The second-order valence-corrected chi connectivity index (χ2v) is 9.08. The van der Waals surface area contributed by atoms with E-state index in [0.29, 0.717) is 42.5 Å². The van der Waals surface area contributed by atoms with E-state index in [1.54, 1.807) is 6.07 Å². The molecule has 0 atom stereocenters. The normalized spacial score (nSPS) is 18.0. The van der Waals surface area contributed by atoms with E-state index in [0.717, 1.165) is 22.1 Å². The molecule has 1 saturated carbocycles. The van der Waals surface area contributed by atoms with Crippen molar-refractivity contribution in [2.45, 2.75) is 51.6 Å². The number of nitrogens with one attached hydrogen (secondary N) is 2. The Hall–Kier alpha value is -4.39. The highest BCUT2D eigenvalue weighted by molar-refractivity contribution is 6.01. The lowest BCUT2D eigenvalue weighted by Gasteiger charge is -2.30. The van der Waals surface area contributed by atoms with Crippen LogP contribution < -0.4 is 16.6 Å². The van der Waals surface area contributed by atoms with Crippen LogP contribution in [0.2, 0.25) is 0 Å². The summed E-state index contributed by atoms with van der Waals surface area (Å²) in [6.45, 7) is 7.48. The molecule has 0 aliphatic heterocycles. The number of hydrogen-bond donors (Lipinski definition) is 3. The number of rotatable bonds is 4. The molecule has 0 bridgehead atoms. The Morgan fingerprint density at radius 1 is 1.31 bits per heavy atom. The van der Waals surface area contributed by atoms with Gasteiger partial charge in [-0.2, -0.15) is 15.5 Å². The van der Waals surface area contributed by atoms with E-state index < -0.39 is 11.5 Å². The Labute approximate surface area is 200 Å². The summed E-state index contributed by atoms with van der Waals surface area (Å²) in [6, 6.07) is 7.66. The first-order chi connectivity index (χ1) is 16.8. The molecule has 1 aliphatic rings. The van der Waals surface area contributed by atoms with Crippen LogP contribution in [0.1, 0.15) is 42.9 Å². The van der Waals surface area contributed by atoms with Crippen LogP contribution in [0.4, 0.5) is 5.82 Å². The molecule has 0 saturated heterocycles. The molecular weight excluding hydrogens is 446 g/mol. The van der Waals surface area contributed by atoms with E-state index in [-0.39, 0.29) is 29.0 Å². The first kappa shape index (κ1) is 22.4. The van der Waals surface area contributed by atoms with Gasteiger partial charge in [0.05, 0.1) is 11.4 Å². The summed E-state index contributed by atoms with van der Waals surface area (Å²) in [5.41, 5.74) is 9.34. The van der Waals surface area contributed by atoms with E-state index in [1.165, 1.54) is 0 Å². The van der Waals surface area contributed by atoms with E-state index in [9.17, 15) is 9.59 Å². The Bertz CT molecular complexity index is 1590. The van der Waals surface area contributed by atoms with Crippen molar-refractivity contribution in [2.24, 2.45) is 0 Å². The van der Waals surface area contributed by atoms with E-state index in [2.05, 4.69) is 33.3 Å². The fraction of sp³-hybridized carbons (Fsp3) is 0.320. The fourth-order valence-electron chi connectivity index (χ4n) is 4.89. The minimum Gasteiger partial charge on any atom is -0.454 e. The quantitative estimate of drug-likeness (QED) is 0.304. The lowest BCUT2D eigenvalue weighted by Crippen LogP contribution is -2.38. The summed E-state index contributed by atoms with van der Waals surface area (Å²) in [5.74, 6) is 0.334. The minimum absolute atomic E-state index is 0.0436. The fourth-order valence-corrected chi connectivity index (χ4v) is 4.89. The SMILES string of the molecule is C=C(C#N)C(=O)NC1CCC(n2nc3c(=O)[nH]nc(N)c3c2-c2oc3ccc(C)cc3c2C)CC1. The van der Waals surface area contributed by atoms with E-state index in [1.807, 2.05) is 30.7 Å². The molecule has 1 fully saturated rings. The number of carbonyl (C=O) groups is 1. The topological polar surface area (TPSA) is 156 Å². The van der Waals surface area contributed by atoms with Crippen molar-refractivity contribution in [3.8, 4) is 17.5 Å². The predicted octanol–water partition coefficient (Wildman–Crippen LogP) is 3.41. The van der Waals surface area contributed by atoms with Gasteiger partial charge in [0.2, 0.25) is 0 Å².